The second-order valence-electron chi connectivity index (χ2n) is 10.00. The molecule has 4 saturated carbocycles. The van der Waals surface area contributed by atoms with E-state index >= 15 is 0 Å². The topological polar surface area (TPSA) is 40.5 Å². The smallest absolute Gasteiger partial charge is 0.0958 e. The van der Waals surface area contributed by atoms with Gasteiger partial charge in [0.1, 0.15) is 0 Å². The predicted molar refractivity (Wildman–Crippen MR) is 93.0 cm³/mol. The quantitative estimate of drug-likeness (QED) is 0.745. The fourth-order valence-corrected chi connectivity index (χ4v) is 8.03. The fourth-order valence-electron chi connectivity index (χ4n) is 8.03. The maximum absolute atomic E-state index is 11.3. The Bertz CT molecular complexity index is 474. The minimum Gasteiger partial charge on any atom is -0.390 e. The standard InChI is InChI=1S/C21H36O2/c1-14(22)21(23)13-10-18-16-8-7-15-6-4-5-11-19(15,2)17(16)9-12-20(18,21)3/h14-18,22-23H,4-13H2,1-3H3. The number of fused-ring (bicyclic) bond motifs is 5. The molecule has 4 aliphatic carbocycles. The second-order valence-corrected chi connectivity index (χ2v) is 10.00. The second kappa shape index (κ2) is 5.21. The van der Waals surface area contributed by atoms with Crippen LogP contribution in [0.5, 0.6) is 0 Å². The molecule has 0 spiro atoms. The molecule has 0 aliphatic heterocycles. The van der Waals surface area contributed by atoms with Crippen LogP contribution in [0, 0.1) is 34.5 Å². The van der Waals surface area contributed by atoms with Crippen molar-refractivity contribution in [1.29, 1.82) is 0 Å². The van der Waals surface area contributed by atoms with Gasteiger partial charge in [-0.1, -0.05) is 26.7 Å². The molecule has 0 aromatic carbocycles. The van der Waals surface area contributed by atoms with Gasteiger partial charge in [-0.05, 0) is 87.4 Å². The molecule has 8 unspecified atom stereocenters. The third-order valence-corrected chi connectivity index (χ3v) is 9.49. The molecule has 2 nitrogen and oxygen atoms in total. The lowest BCUT2D eigenvalue weighted by Crippen LogP contribution is -2.58. The fraction of sp³-hybridized carbons (Fsp3) is 1.00. The summed E-state index contributed by atoms with van der Waals surface area (Å²) in [5, 5.41) is 21.6. The highest BCUT2D eigenvalue weighted by molar-refractivity contribution is 5.15. The average molecular weight is 321 g/mol. The molecule has 23 heavy (non-hydrogen) atoms. The van der Waals surface area contributed by atoms with Crippen LogP contribution in [0.3, 0.4) is 0 Å². The Morgan fingerprint density at radius 3 is 2.35 bits per heavy atom. The molecule has 0 amide bonds. The zero-order chi connectivity index (χ0) is 16.5. The van der Waals surface area contributed by atoms with Crippen molar-refractivity contribution in [2.45, 2.75) is 96.7 Å². The van der Waals surface area contributed by atoms with Gasteiger partial charge in [0, 0.05) is 5.41 Å². The maximum Gasteiger partial charge on any atom is 0.0958 e. The Hall–Kier alpha value is -0.0800. The highest BCUT2D eigenvalue weighted by Gasteiger charge is 2.65. The van der Waals surface area contributed by atoms with E-state index in [2.05, 4.69) is 13.8 Å². The maximum atomic E-state index is 11.3. The van der Waals surface area contributed by atoms with Crippen molar-refractivity contribution in [3.05, 3.63) is 0 Å². The average Bonchev–Trinajstić information content (AvgIpc) is 2.80. The van der Waals surface area contributed by atoms with E-state index in [-0.39, 0.29) is 5.41 Å². The summed E-state index contributed by atoms with van der Waals surface area (Å²) in [6.07, 6.45) is 12.3. The van der Waals surface area contributed by atoms with Gasteiger partial charge in [-0.2, -0.15) is 0 Å². The van der Waals surface area contributed by atoms with Gasteiger partial charge < -0.3 is 10.2 Å². The Morgan fingerprint density at radius 1 is 0.870 bits per heavy atom. The summed E-state index contributed by atoms with van der Waals surface area (Å²) in [4.78, 5) is 0. The molecule has 0 heterocycles. The zero-order valence-electron chi connectivity index (χ0n) is 15.4. The van der Waals surface area contributed by atoms with Crippen molar-refractivity contribution in [2.75, 3.05) is 0 Å². The molecule has 0 aromatic heterocycles. The van der Waals surface area contributed by atoms with Gasteiger partial charge in [-0.25, -0.2) is 0 Å². The summed E-state index contributed by atoms with van der Waals surface area (Å²) in [6, 6.07) is 0. The molecular formula is C21H36O2. The van der Waals surface area contributed by atoms with Crippen LogP contribution in [0.25, 0.3) is 0 Å². The van der Waals surface area contributed by atoms with Crippen LogP contribution in [0.15, 0.2) is 0 Å². The minimum absolute atomic E-state index is 0.0692. The molecule has 4 rings (SSSR count). The molecule has 0 aromatic rings. The summed E-state index contributed by atoms with van der Waals surface area (Å²) in [5.41, 5.74) is -0.360. The molecule has 0 saturated heterocycles. The van der Waals surface area contributed by atoms with Crippen LogP contribution >= 0.6 is 0 Å². The number of rotatable bonds is 1. The first-order chi connectivity index (χ1) is 10.8. The first-order valence-electron chi connectivity index (χ1n) is 10.2. The Kier molecular flexibility index (Phi) is 3.71. The molecule has 4 fully saturated rings. The molecule has 0 radical (unpaired) electrons. The van der Waals surface area contributed by atoms with Crippen molar-refractivity contribution in [3.63, 3.8) is 0 Å². The molecule has 2 N–H and O–H groups in total. The first-order valence-corrected chi connectivity index (χ1v) is 10.2. The number of hydrogen-bond acceptors (Lipinski definition) is 2. The van der Waals surface area contributed by atoms with Gasteiger partial charge in [-0.15, -0.1) is 0 Å². The highest BCUT2D eigenvalue weighted by atomic mass is 16.3. The normalized spacial score (nSPS) is 57.3. The SMILES string of the molecule is CC(O)C1(O)CCC2C3CCC4CCCCC4(C)C3CCC21C. The van der Waals surface area contributed by atoms with E-state index < -0.39 is 11.7 Å². The van der Waals surface area contributed by atoms with Gasteiger partial charge in [-0.3, -0.25) is 0 Å². The van der Waals surface area contributed by atoms with Crippen LogP contribution in [0.4, 0.5) is 0 Å². The van der Waals surface area contributed by atoms with Gasteiger partial charge in [0.15, 0.2) is 0 Å². The van der Waals surface area contributed by atoms with E-state index in [9.17, 15) is 10.2 Å². The van der Waals surface area contributed by atoms with Crippen LogP contribution < -0.4 is 0 Å². The Labute approximate surface area is 142 Å². The summed E-state index contributed by atoms with van der Waals surface area (Å²) in [6.45, 7) is 6.70. The summed E-state index contributed by atoms with van der Waals surface area (Å²) >= 11 is 0. The van der Waals surface area contributed by atoms with Gasteiger partial charge in [0.25, 0.3) is 0 Å². The zero-order valence-corrected chi connectivity index (χ0v) is 15.4. The van der Waals surface area contributed by atoms with E-state index in [0.29, 0.717) is 11.3 Å². The largest absolute Gasteiger partial charge is 0.390 e. The lowest BCUT2D eigenvalue weighted by Gasteiger charge is -2.61. The first kappa shape index (κ1) is 16.4. The van der Waals surface area contributed by atoms with Crippen molar-refractivity contribution < 1.29 is 10.2 Å². The Morgan fingerprint density at radius 2 is 1.61 bits per heavy atom. The monoisotopic (exact) mass is 320 g/mol. The molecular weight excluding hydrogens is 284 g/mol. The summed E-state index contributed by atoms with van der Waals surface area (Å²) in [5.74, 6) is 3.25. The van der Waals surface area contributed by atoms with Gasteiger partial charge in [0.2, 0.25) is 0 Å². The molecule has 132 valence electrons. The predicted octanol–water partition coefficient (Wildman–Crippen LogP) is 4.53. The van der Waals surface area contributed by atoms with E-state index in [0.717, 1.165) is 37.0 Å². The van der Waals surface area contributed by atoms with E-state index in [1.807, 2.05) is 0 Å². The van der Waals surface area contributed by atoms with Crippen molar-refractivity contribution in [1.82, 2.24) is 0 Å². The van der Waals surface area contributed by atoms with E-state index in [1.165, 1.54) is 44.9 Å². The number of aliphatic hydroxyl groups excluding tert-OH is 1. The minimum atomic E-state index is -0.854. The van der Waals surface area contributed by atoms with Gasteiger partial charge in [0.05, 0.1) is 11.7 Å². The lowest BCUT2D eigenvalue weighted by molar-refractivity contribution is -0.183. The van der Waals surface area contributed by atoms with Crippen molar-refractivity contribution in [3.8, 4) is 0 Å². The van der Waals surface area contributed by atoms with Crippen LogP contribution in [-0.2, 0) is 0 Å². The highest BCUT2D eigenvalue weighted by Crippen LogP contribution is 2.68. The van der Waals surface area contributed by atoms with Crippen LogP contribution in [-0.4, -0.2) is 21.9 Å². The van der Waals surface area contributed by atoms with Gasteiger partial charge >= 0.3 is 0 Å². The summed E-state index contributed by atoms with van der Waals surface area (Å²) < 4.78 is 0. The number of aliphatic hydroxyl groups is 2. The lowest BCUT2D eigenvalue weighted by atomic mass is 9.44. The number of hydrogen-bond donors (Lipinski definition) is 2. The third kappa shape index (κ3) is 2.00. The van der Waals surface area contributed by atoms with Crippen LogP contribution in [0.2, 0.25) is 0 Å². The Balaban J connectivity index is 1.65. The molecule has 4 aliphatic rings. The summed E-state index contributed by atoms with van der Waals surface area (Å²) in [7, 11) is 0. The van der Waals surface area contributed by atoms with Crippen molar-refractivity contribution in [2.24, 2.45) is 34.5 Å². The molecule has 2 heteroatoms. The van der Waals surface area contributed by atoms with E-state index in [4.69, 9.17) is 0 Å². The van der Waals surface area contributed by atoms with E-state index in [1.54, 1.807) is 6.92 Å². The van der Waals surface area contributed by atoms with Crippen LogP contribution in [0.1, 0.15) is 85.0 Å². The third-order valence-electron chi connectivity index (χ3n) is 9.49. The van der Waals surface area contributed by atoms with Crippen molar-refractivity contribution >= 4 is 0 Å². The molecule has 0 bridgehead atoms. The molecule has 8 atom stereocenters.